The van der Waals surface area contributed by atoms with Gasteiger partial charge in [0.1, 0.15) is 12.4 Å². The lowest BCUT2D eigenvalue weighted by atomic mass is 10.3. The van der Waals surface area contributed by atoms with Crippen molar-refractivity contribution >= 4 is 11.8 Å². The van der Waals surface area contributed by atoms with Crippen molar-refractivity contribution < 1.29 is 14.3 Å². The minimum Gasteiger partial charge on any atom is -0.375 e. The Bertz CT molecular complexity index is 532. The molecule has 8 nitrogen and oxygen atoms in total. The van der Waals surface area contributed by atoms with Gasteiger partial charge in [0, 0.05) is 39.2 Å². The molecule has 2 aliphatic rings. The van der Waals surface area contributed by atoms with E-state index < -0.39 is 0 Å². The first-order chi connectivity index (χ1) is 10.2. The van der Waals surface area contributed by atoms with Crippen LogP contribution in [0, 0.1) is 0 Å². The van der Waals surface area contributed by atoms with E-state index in [4.69, 9.17) is 4.74 Å². The maximum atomic E-state index is 12.3. The standard InChI is InChI=1S/C13H19N5O3/c1-21-8-10(19)17-4-6-18(7-5-17)13(20)12-14-11(15-16-12)9-2-3-9/h9H,2-8H2,1H3,(H,14,15,16). The van der Waals surface area contributed by atoms with Gasteiger partial charge in [0.15, 0.2) is 0 Å². The van der Waals surface area contributed by atoms with Gasteiger partial charge in [-0.1, -0.05) is 0 Å². The molecule has 21 heavy (non-hydrogen) atoms. The van der Waals surface area contributed by atoms with Crippen molar-refractivity contribution in [1.82, 2.24) is 25.0 Å². The number of amides is 2. The lowest BCUT2D eigenvalue weighted by Gasteiger charge is -2.34. The van der Waals surface area contributed by atoms with Gasteiger partial charge in [-0.2, -0.15) is 0 Å². The number of aromatic nitrogens is 3. The summed E-state index contributed by atoms with van der Waals surface area (Å²) >= 11 is 0. The molecule has 1 saturated carbocycles. The van der Waals surface area contributed by atoms with E-state index in [1.165, 1.54) is 7.11 Å². The molecule has 1 aromatic heterocycles. The highest BCUT2D eigenvalue weighted by atomic mass is 16.5. The Morgan fingerprint density at radius 3 is 2.52 bits per heavy atom. The highest BCUT2D eigenvalue weighted by Crippen LogP contribution is 2.37. The van der Waals surface area contributed by atoms with Gasteiger partial charge in [-0.3, -0.25) is 14.7 Å². The van der Waals surface area contributed by atoms with Crippen molar-refractivity contribution in [2.24, 2.45) is 0 Å². The van der Waals surface area contributed by atoms with Crippen LogP contribution in [0.15, 0.2) is 0 Å². The van der Waals surface area contributed by atoms with Crippen molar-refractivity contribution in [2.75, 3.05) is 39.9 Å². The largest absolute Gasteiger partial charge is 0.375 e. The van der Waals surface area contributed by atoms with Gasteiger partial charge in [0.2, 0.25) is 11.7 Å². The molecule has 0 spiro atoms. The number of nitrogens with zero attached hydrogens (tertiary/aromatic N) is 4. The molecule has 1 saturated heterocycles. The monoisotopic (exact) mass is 293 g/mol. The Labute approximate surface area is 122 Å². The molecule has 0 aromatic carbocycles. The number of methoxy groups -OCH3 is 1. The zero-order valence-corrected chi connectivity index (χ0v) is 12.0. The van der Waals surface area contributed by atoms with E-state index in [1.54, 1.807) is 9.80 Å². The van der Waals surface area contributed by atoms with Gasteiger partial charge in [0.25, 0.3) is 5.91 Å². The van der Waals surface area contributed by atoms with Gasteiger partial charge in [-0.25, -0.2) is 4.98 Å². The third-order valence-electron chi connectivity index (χ3n) is 3.85. The molecular formula is C13H19N5O3. The maximum absolute atomic E-state index is 12.3. The number of ether oxygens (including phenoxy) is 1. The lowest BCUT2D eigenvalue weighted by Crippen LogP contribution is -2.51. The molecule has 0 atom stereocenters. The van der Waals surface area contributed by atoms with Crippen LogP contribution in [0.5, 0.6) is 0 Å². The molecule has 1 aliphatic carbocycles. The van der Waals surface area contributed by atoms with E-state index in [0.717, 1.165) is 18.7 Å². The highest BCUT2D eigenvalue weighted by Gasteiger charge is 2.30. The van der Waals surface area contributed by atoms with Crippen molar-refractivity contribution in [2.45, 2.75) is 18.8 Å². The normalized spacial score (nSPS) is 18.9. The molecule has 1 N–H and O–H groups in total. The molecule has 1 aliphatic heterocycles. The second-order valence-corrected chi connectivity index (χ2v) is 5.42. The molecule has 0 bridgehead atoms. The number of H-pyrrole nitrogens is 1. The number of hydrogen-bond acceptors (Lipinski definition) is 5. The van der Waals surface area contributed by atoms with Crippen molar-refractivity contribution in [1.29, 1.82) is 0 Å². The van der Waals surface area contributed by atoms with Crippen molar-refractivity contribution in [3.05, 3.63) is 11.6 Å². The van der Waals surface area contributed by atoms with Crippen LogP contribution in [-0.2, 0) is 9.53 Å². The van der Waals surface area contributed by atoms with Crippen LogP contribution in [0.2, 0.25) is 0 Å². The number of carbonyl (C=O) groups excluding carboxylic acids is 2. The summed E-state index contributed by atoms with van der Waals surface area (Å²) in [6.45, 7) is 2.13. The predicted molar refractivity (Wildman–Crippen MR) is 72.7 cm³/mol. The van der Waals surface area contributed by atoms with E-state index in [-0.39, 0.29) is 24.2 Å². The molecular weight excluding hydrogens is 274 g/mol. The van der Waals surface area contributed by atoms with Gasteiger partial charge < -0.3 is 14.5 Å². The number of carbonyl (C=O) groups is 2. The van der Waals surface area contributed by atoms with Crippen LogP contribution in [-0.4, -0.2) is 76.7 Å². The first-order valence-corrected chi connectivity index (χ1v) is 7.17. The second-order valence-electron chi connectivity index (χ2n) is 5.42. The summed E-state index contributed by atoms with van der Waals surface area (Å²) < 4.78 is 4.84. The summed E-state index contributed by atoms with van der Waals surface area (Å²) in [7, 11) is 1.50. The molecule has 2 fully saturated rings. The third-order valence-corrected chi connectivity index (χ3v) is 3.85. The second kappa shape index (κ2) is 5.80. The van der Waals surface area contributed by atoms with Crippen molar-refractivity contribution in [3.8, 4) is 0 Å². The van der Waals surface area contributed by atoms with E-state index in [9.17, 15) is 9.59 Å². The molecule has 114 valence electrons. The summed E-state index contributed by atoms with van der Waals surface area (Å²) in [5.41, 5.74) is 0. The predicted octanol–water partition coefficient (Wildman–Crippen LogP) is -0.387. The van der Waals surface area contributed by atoms with Gasteiger partial charge in [0.05, 0.1) is 0 Å². The quantitative estimate of drug-likeness (QED) is 0.816. The maximum Gasteiger partial charge on any atom is 0.293 e. The summed E-state index contributed by atoms with van der Waals surface area (Å²) in [5, 5.41) is 6.85. The topological polar surface area (TPSA) is 91.4 Å². The number of nitrogens with one attached hydrogen (secondary N) is 1. The van der Waals surface area contributed by atoms with Crippen LogP contribution in [0.3, 0.4) is 0 Å². The van der Waals surface area contributed by atoms with Crippen LogP contribution < -0.4 is 0 Å². The summed E-state index contributed by atoms with van der Waals surface area (Å²) in [5.74, 6) is 1.28. The average molecular weight is 293 g/mol. The highest BCUT2D eigenvalue weighted by molar-refractivity contribution is 5.90. The molecule has 0 unspecified atom stereocenters. The van der Waals surface area contributed by atoms with E-state index in [0.29, 0.717) is 32.1 Å². The van der Waals surface area contributed by atoms with Gasteiger partial charge >= 0.3 is 0 Å². The Kier molecular flexibility index (Phi) is 3.87. The molecule has 0 radical (unpaired) electrons. The zero-order valence-electron chi connectivity index (χ0n) is 12.0. The van der Waals surface area contributed by atoms with E-state index in [2.05, 4.69) is 15.2 Å². The Morgan fingerprint density at radius 2 is 1.90 bits per heavy atom. The van der Waals surface area contributed by atoms with Crippen LogP contribution >= 0.6 is 0 Å². The summed E-state index contributed by atoms with van der Waals surface area (Å²) in [4.78, 5) is 31.7. The molecule has 1 aromatic rings. The zero-order chi connectivity index (χ0) is 14.8. The molecule has 3 rings (SSSR count). The van der Waals surface area contributed by atoms with Gasteiger partial charge in [-0.15, -0.1) is 5.10 Å². The summed E-state index contributed by atoms with van der Waals surface area (Å²) in [6.07, 6.45) is 2.23. The van der Waals surface area contributed by atoms with Gasteiger partial charge in [-0.05, 0) is 12.8 Å². The first kappa shape index (κ1) is 14.0. The van der Waals surface area contributed by atoms with Crippen LogP contribution in [0.4, 0.5) is 0 Å². The number of rotatable bonds is 4. The summed E-state index contributed by atoms with van der Waals surface area (Å²) in [6, 6.07) is 0. The van der Waals surface area contributed by atoms with Crippen LogP contribution in [0.1, 0.15) is 35.2 Å². The Hall–Kier alpha value is -1.96. The molecule has 2 heterocycles. The average Bonchev–Trinajstić information content (AvgIpc) is 3.24. The fourth-order valence-corrected chi connectivity index (χ4v) is 2.42. The smallest absolute Gasteiger partial charge is 0.293 e. The minimum absolute atomic E-state index is 0.0430. The number of hydrogen-bond donors (Lipinski definition) is 1. The third kappa shape index (κ3) is 3.05. The first-order valence-electron chi connectivity index (χ1n) is 7.17. The van der Waals surface area contributed by atoms with Crippen LogP contribution in [0.25, 0.3) is 0 Å². The minimum atomic E-state index is -0.169. The SMILES string of the molecule is COCC(=O)N1CCN(C(=O)c2n[nH]c(C3CC3)n2)CC1. The van der Waals surface area contributed by atoms with E-state index in [1.807, 2.05) is 0 Å². The lowest BCUT2D eigenvalue weighted by molar-refractivity contribution is -0.136. The number of piperazine rings is 1. The Morgan fingerprint density at radius 1 is 1.24 bits per heavy atom. The van der Waals surface area contributed by atoms with Crippen molar-refractivity contribution in [3.63, 3.8) is 0 Å². The fraction of sp³-hybridized carbons (Fsp3) is 0.692. The molecule has 2 amide bonds. The Balaban J connectivity index is 1.55. The number of aromatic amines is 1. The molecule has 8 heteroatoms. The van der Waals surface area contributed by atoms with E-state index >= 15 is 0 Å². The fourth-order valence-electron chi connectivity index (χ4n) is 2.42.